The Morgan fingerprint density at radius 3 is 2.40 bits per heavy atom. The van der Waals surface area contributed by atoms with Crippen LogP contribution in [0.4, 0.5) is 0 Å². The summed E-state index contributed by atoms with van der Waals surface area (Å²) >= 11 is 1.66. The molecule has 1 unspecified atom stereocenters. The predicted molar refractivity (Wildman–Crippen MR) is 187 cm³/mol. The second kappa shape index (κ2) is 16.8. The average Bonchev–Trinajstić information content (AvgIpc) is 3.41. The number of unbranched alkanes of at least 4 members (excludes halogenated alkanes) is 4. The first kappa shape index (κ1) is 35.4. The number of hydrogen-bond acceptors (Lipinski definition) is 4. The summed E-state index contributed by atoms with van der Waals surface area (Å²) < 4.78 is 2.00. The van der Waals surface area contributed by atoms with Crippen LogP contribution in [0.15, 0.2) is 67.3 Å². The van der Waals surface area contributed by atoms with Crippen molar-refractivity contribution >= 4 is 36.8 Å². The molecule has 2 aromatic rings. The second-order valence-electron chi connectivity index (χ2n) is 12.0. The van der Waals surface area contributed by atoms with Gasteiger partial charge in [-0.15, -0.1) is 11.3 Å². The molecule has 1 N–H and O–H groups in total. The molecule has 0 spiro atoms. The Kier molecular flexibility index (Phi) is 14.2. The molecule has 0 aliphatic rings. The number of allylic oxidation sites excluding steroid dienone is 8. The fraction of sp³-hybridized carbons (Fsp3) is 0.444. The molecule has 0 bridgehead atoms. The molecule has 2 aromatic heterocycles. The van der Waals surface area contributed by atoms with Gasteiger partial charge >= 0.3 is 0 Å². The van der Waals surface area contributed by atoms with Gasteiger partial charge in [0.1, 0.15) is 5.76 Å². The molecular formula is C36H51N2O2PS. The zero-order valence-electron chi connectivity index (χ0n) is 26.9. The molecule has 0 aliphatic heterocycles. The standard InChI is InChI=1S/C36H51N2O2PS/c1-11-13-14-15-16-18-31-23-33(28(6)39)38(24-34(40)41-36(8,9)10)32(31)22-21-30(25(3)17-12-2)20-19-26(4)35-27(5)37-29(7)42-35/h12,17,19-21,23,39,41H,2,4,6,11,13-16,18,22,24H2,1,3,5,7-10H3/b20-19?,25-17-,30-21-. The summed E-state index contributed by atoms with van der Waals surface area (Å²) in [5, 5.41) is 11.5. The Hall–Kier alpha value is -2.75. The van der Waals surface area contributed by atoms with Gasteiger partial charge in [0.05, 0.1) is 27.8 Å². The van der Waals surface area contributed by atoms with Crippen LogP contribution in [0, 0.1) is 13.8 Å². The molecule has 0 radical (unpaired) electrons. The van der Waals surface area contributed by atoms with Gasteiger partial charge < -0.3 is 9.67 Å². The van der Waals surface area contributed by atoms with Crippen LogP contribution in [0.5, 0.6) is 0 Å². The molecule has 2 rings (SSSR count). The third kappa shape index (κ3) is 11.2. The number of aryl methyl sites for hydroxylation is 3. The predicted octanol–water partition coefficient (Wildman–Crippen LogP) is 10.5. The smallest absolute Gasteiger partial charge is 0.171 e. The summed E-state index contributed by atoms with van der Waals surface area (Å²) in [5.74, 6) is -0.00118. The van der Waals surface area contributed by atoms with Gasteiger partial charge in [-0.1, -0.05) is 103 Å². The number of hydrogen-bond donors (Lipinski definition) is 1. The number of aliphatic hydroxyl groups is 1. The number of nitrogens with zero attached hydrogens (tertiary/aromatic N) is 2. The lowest BCUT2D eigenvalue weighted by atomic mass is 10.0. The minimum absolute atomic E-state index is 0.00118. The van der Waals surface area contributed by atoms with E-state index in [-0.39, 0.29) is 31.6 Å². The fourth-order valence-electron chi connectivity index (χ4n) is 4.98. The van der Waals surface area contributed by atoms with Crippen molar-refractivity contribution in [1.82, 2.24) is 9.55 Å². The van der Waals surface area contributed by atoms with E-state index >= 15 is 0 Å². The third-order valence-corrected chi connectivity index (χ3v) is 9.29. The van der Waals surface area contributed by atoms with E-state index in [4.69, 9.17) is 0 Å². The lowest BCUT2D eigenvalue weighted by molar-refractivity contribution is -0.111. The fourth-order valence-corrected chi connectivity index (χ4v) is 6.92. The van der Waals surface area contributed by atoms with Gasteiger partial charge in [-0.2, -0.15) is 0 Å². The number of aliphatic hydroxyl groups excluding tert-OH is 1. The minimum Gasteiger partial charge on any atom is -0.506 e. The number of rotatable bonds is 17. The van der Waals surface area contributed by atoms with Gasteiger partial charge in [-0.25, -0.2) is 4.98 Å². The highest BCUT2D eigenvalue weighted by molar-refractivity contribution is 7.59. The van der Waals surface area contributed by atoms with E-state index in [1.54, 1.807) is 17.4 Å². The summed E-state index contributed by atoms with van der Waals surface area (Å²) in [5.41, 5.74) is 7.12. The summed E-state index contributed by atoms with van der Waals surface area (Å²) in [6.07, 6.45) is 17.6. The van der Waals surface area contributed by atoms with Crippen LogP contribution in [0.2, 0.25) is 0 Å². The van der Waals surface area contributed by atoms with Crippen molar-refractivity contribution in [3.8, 4) is 0 Å². The van der Waals surface area contributed by atoms with E-state index in [0.717, 1.165) is 50.8 Å². The zero-order chi connectivity index (χ0) is 31.4. The first-order chi connectivity index (χ1) is 19.8. The first-order valence-corrected chi connectivity index (χ1v) is 16.8. The second-order valence-corrected chi connectivity index (χ2v) is 15.5. The molecule has 0 aromatic carbocycles. The van der Waals surface area contributed by atoms with E-state index in [2.05, 4.69) is 77.6 Å². The van der Waals surface area contributed by atoms with Crippen molar-refractivity contribution in [3.63, 3.8) is 0 Å². The Balaban J connectivity index is 2.53. The van der Waals surface area contributed by atoms with Crippen LogP contribution in [0.3, 0.4) is 0 Å². The van der Waals surface area contributed by atoms with Crippen molar-refractivity contribution in [3.05, 3.63) is 99.9 Å². The van der Waals surface area contributed by atoms with Gasteiger partial charge in [0.15, 0.2) is 5.52 Å². The molecule has 0 amide bonds. The topological polar surface area (TPSA) is 55.1 Å². The van der Waals surface area contributed by atoms with E-state index in [1.807, 2.05) is 30.6 Å². The average molecular weight is 607 g/mol. The van der Waals surface area contributed by atoms with Gasteiger partial charge in [0.25, 0.3) is 0 Å². The Labute approximate surface area is 260 Å². The summed E-state index contributed by atoms with van der Waals surface area (Å²) in [6.45, 7) is 26.9. The molecule has 0 aliphatic carbocycles. The maximum absolute atomic E-state index is 13.2. The van der Waals surface area contributed by atoms with Crippen LogP contribution in [-0.4, -0.2) is 25.3 Å². The van der Waals surface area contributed by atoms with Crippen molar-refractivity contribution in [1.29, 1.82) is 0 Å². The summed E-state index contributed by atoms with van der Waals surface area (Å²) in [4.78, 5) is 18.8. The highest BCUT2D eigenvalue weighted by Crippen LogP contribution is 2.33. The highest BCUT2D eigenvalue weighted by atomic mass is 32.1. The lowest BCUT2D eigenvalue weighted by Crippen LogP contribution is -2.16. The van der Waals surface area contributed by atoms with Crippen LogP contribution < -0.4 is 0 Å². The molecular weight excluding hydrogens is 555 g/mol. The SMILES string of the molecule is C=C/C=C(C)\C(C=CC(=C)c1sc(C)nc1C)=C/Cc1c(CCCCCCC)cc(C(=C)O)n1CC(=O)PC(C)(C)C. The number of aromatic nitrogens is 2. The Morgan fingerprint density at radius 2 is 1.83 bits per heavy atom. The van der Waals surface area contributed by atoms with E-state index in [1.165, 1.54) is 31.2 Å². The molecule has 228 valence electrons. The molecule has 6 heteroatoms. The quantitative estimate of drug-likeness (QED) is 0.0843. The lowest BCUT2D eigenvalue weighted by Gasteiger charge is -2.19. The summed E-state index contributed by atoms with van der Waals surface area (Å²) in [6, 6.07) is 2.04. The van der Waals surface area contributed by atoms with Crippen molar-refractivity contribution in [2.45, 2.75) is 105 Å². The largest absolute Gasteiger partial charge is 0.506 e. The molecule has 42 heavy (non-hydrogen) atoms. The van der Waals surface area contributed by atoms with Crippen molar-refractivity contribution in [2.75, 3.05) is 0 Å². The number of carbonyl (C=O) groups is 1. The Morgan fingerprint density at radius 1 is 1.14 bits per heavy atom. The van der Waals surface area contributed by atoms with Gasteiger partial charge in [-0.05, 0) is 75.7 Å². The molecule has 0 saturated heterocycles. The maximum Gasteiger partial charge on any atom is 0.171 e. The molecule has 2 heterocycles. The van der Waals surface area contributed by atoms with Crippen molar-refractivity contribution in [2.24, 2.45) is 0 Å². The molecule has 0 saturated carbocycles. The van der Waals surface area contributed by atoms with Crippen LogP contribution in [0.1, 0.15) is 99.3 Å². The van der Waals surface area contributed by atoms with Gasteiger partial charge in [0, 0.05) is 12.1 Å². The molecule has 0 fully saturated rings. The highest BCUT2D eigenvalue weighted by Gasteiger charge is 2.21. The first-order valence-electron chi connectivity index (χ1n) is 15.0. The van der Waals surface area contributed by atoms with Crippen LogP contribution >= 0.6 is 19.9 Å². The molecule has 4 nitrogen and oxygen atoms in total. The third-order valence-electron chi connectivity index (χ3n) is 6.96. The maximum atomic E-state index is 13.2. The van der Waals surface area contributed by atoms with Gasteiger partial charge in [-0.3, -0.25) is 4.79 Å². The summed E-state index contributed by atoms with van der Waals surface area (Å²) in [7, 11) is 0.182. The number of thiazole rings is 1. The monoisotopic (exact) mass is 606 g/mol. The van der Waals surface area contributed by atoms with Gasteiger partial charge in [0.2, 0.25) is 0 Å². The zero-order valence-corrected chi connectivity index (χ0v) is 28.7. The van der Waals surface area contributed by atoms with E-state index in [9.17, 15) is 9.90 Å². The van der Waals surface area contributed by atoms with Crippen LogP contribution in [0.25, 0.3) is 11.3 Å². The van der Waals surface area contributed by atoms with E-state index < -0.39 is 0 Å². The van der Waals surface area contributed by atoms with E-state index in [0.29, 0.717) is 12.1 Å². The number of carbonyl (C=O) groups excluding carboxylic acids is 1. The Bertz CT molecular complexity index is 1360. The van der Waals surface area contributed by atoms with Crippen LogP contribution in [-0.2, 0) is 24.2 Å². The molecule has 1 atom stereocenters. The van der Waals surface area contributed by atoms with Crippen molar-refractivity contribution < 1.29 is 9.90 Å². The minimum atomic E-state index is -0.0786. The normalized spacial score (nSPS) is 13.0.